The van der Waals surface area contributed by atoms with Crippen LogP contribution in [0.2, 0.25) is 0 Å². The third-order valence-electron chi connectivity index (χ3n) is 2.46. The van der Waals surface area contributed by atoms with Gasteiger partial charge in [-0.25, -0.2) is 0 Å². The van der Waals surface area contributed by atoms with Crippen molar-refractivity contribution in [3.05, 3.63) is 21.4 Å². The van der Waals surface area contributed by atoms with Crippen molar-refractivity contribution in [1.82, 2.24) is 5.32 Å². The predicted molar refractivity (Wildman–Crippen MR) is 55.4 cm³/mol. The number of hydrogen-bond acceptors (Lipinski definition) is 3. The summed E-state index contributed by atoms with van der Waals surface area (Å²) >= 11 is 1.87. The Morgan fingerprint density at radius 2 is 2.54 bits per heavy atom. The zero-order valence-corrected chi connectivity index (χ0v) is 8.91. The summed E-state index contributed by atoms with van der Waals surface area (Å²) < 4.78 is 5.73. The van der Waals surface area contributed by atoms with Gasteiger partial charge in [0.2, 0.25) is 0 Å². The molecule has 1 aliphatic heterocycles. The standard InChI is InChI=1S/C10H15NOS/c1-7-6-13-9-3-4-12-8(5-11-2)10(7)9/h6,8,11H,3-5H2,1-2H3. The molecule has 0 radical (unpaired) electrons. The molecule has 0 aromatic carbocycles. The summed E-state index contributed by atoms with van der Waals surface area (Å²) in [4.78, 5) is 1.52. The molecule has 0 bridgehead atoms. The minimum Gasteiger partial charge on any atom is -0.372 e. The minimum atomic E-state index is 0.278. The lowest BCUT2D eigenvalue weighted by Gasteiger charge is -2.24. The van der Waals surface area contributed by atoms with Crippen LogP contribution in [0.3, 0.4) is 0 Å². The third-order valence-corrected chi connectivity index (χ3v) is 3.64. The van der Waals surface area contributed by atoms with Crippen molar-refractivity contribution in [3.8, 4) is 0 Å². The molecule has 0 aliphatic carbocycles. The van der Waals surface area contributed by atoms with Gasteiger partial charge in [-0.05, 0) is 30.5 Å². The van der Waals surface area contributed by atoms with E-state index in [1.54, 1.807) is 0 Å². The van der Waals surface area contributed by atoms with E-state index in [4.69, 9.17) is 4.74 Å². The van der Waals surface area contributed by atoms with E-state index in [1.165, 1.54) is 16.0 Å². The molecule has 0 saturated heterocycles. The number of thiophene rings is 1. The maximum Gasteiger partial charge on any atom is 0.0962 e. The molecule has 13 heavy (non-hydrogen) atoms. The molecule has 0 amide bonds. The zero-order valence-electron chi connectivity index (χ0n) is 8.09. The van der Waals surface area contributed by atoms with Crippen molar-refractivity contribution in [1.29, 1.82) is 0 Å². The van der Waals surface area contributed by atoms with Crippen LogP contribution in [0.4, 0.5) is 0 Å². The summed E-state index contributed by atoms with van der Waals surface area (Å²) in [6.07, 6.45) is 1.37. The number of ether oxygens (including phenoxy) is 1. The Bertz CT molecular complexity index is 295. The first-order valence-electron chi connectivity index (χ1n) is 4.66. The topological polar surface area (TPSA) is 21.3 Å². The van der Waals surface area contributed by atoms with Gasteiger partial charge in [-0.1, -0.05) is 0 Å². The van der Waals surface area contributed by atoms with Crippen molar-refractivity contribution in [2.75, 3.05) is 20.2 Å². The Kier molecular flexibility index (Phi) is 2.67. The second kappa shape index (κ2) is 3.78. The molecule has 1 N–H and O–H groups in total. The molecule has 2 rings (SSSR count). The Hall–Kier alpha value is -0.380. The van der Waals surface area contributed by atoms with Crippen molar-refractivity contribution < 1.29 is 4.74 Å². The van der Waals surface area contributed by atoms with Crippen LogP contribution in [0.1, 0.15) is 22.1 Å². The van der Waals surface area contributed by atoms with Crippen molar-refractivity contribution in [2.45, 2.75) is 19.4 Å². The largest absolute Gasteiger partial charge is 0.372 e. The molecule has 2 heterocycles. The molecule has 1 aromatic rings. The van der Waals surface area contributed by atoms with Gasteiger partial charge in [0.25, 0.3) is 0 Å². The molecule has 0 fully saturated rings. The fourth-order valence-corrected chi connectivity index (χ4v) is 2.92. The highest BCUT2D eigenvalue weighted by Gasteiger charge is 2.23. The summed E-state index contributed by atoms with van der Waals surface area (Å²) in [7, 11) is 1.97. The van der Waals surface area contributed by atoms with E-state index in [9.17, 15) is 0 Å². The molecule has 1 unspecified atom stereocenters. The van der Waals surface area contributed by atoms with Crippen LogP contribution in [0.15, 0.2) is 5.38 Å². The van der Waals surface area contributed by atoms with Crippen molar-refractivity contribution >= 4 is 11.3 Å². The number of fused-ring (bicyclic) bond motifs is 1. The average molecular weight is 197 g/mol. The quantitative estimate of drug-likeness (QED) is 0.781. The Balaban J connectivity index is 2.29. The van der Waals surface area contributed by atoms with Crippen LogP contribution in [0, 0.1) is 6.92 Å². The number of nitrogens with one attached hydrogen (secondary N) is 1. The molecular weight excluding hydrogens is 182 g/mol. The van der Waals surface area contributed by atoms with E-state index in [-0.39, 0.29) is 6.10 Å². The summed E-state index contributed by atoms with van der Waals surface area (Å²) in [5.41, 5.74) is 2.82. The zero-order chi connectivity index (χ0) is 9.26. The van der Waals surface area contributed by atoms with E-state index in [0.717, 1.165) is 19.6 Å². The lowest BCUT2D eigenvalue weighted by atomic mass is 10.0. The second-order valence-corrected chi connectivity index (χ2v) is 4.39. The summed E-state index contributed by atoms with van der Waals surface area (Å²) in [6, 6.07) is 0. The molecule has 1 atom stereocenters. The van der Waals surface area contributed by atoms with Gasteiger partial charge in [-0.3, -0.25) is 0 Å². The van der Waals surface area contributed by atoms with E-state index in [0.29, 0.717) is 0 Å². The van der Waals surface area contributed by atoms with Crippen LogP contribution in [-0.2, 0) is 11.2 Å². The fourth-order valence-electron chi connectivity index (χ4n) is 1.86. The SMILES string of the molecule is CNCC1OCCc2scc(C)c21. The number of aryl methyl sites for hydroxylation is 1. The fraction of sp³-hybridized carbons (Fsp3) is 0.600. The van der Waals surface area contributed by atoms with E-state index >= 15 is 0 Å². The van der Waals surface area contributed by atoms with Crippen LogP contribution in [0.5, 0.6) is 0 Å². The van der Waals surface area contributed by atoms with Gasteiger partial charge in [-0.15, -0.1) is 11.3 Å². The molecule has 3 heteroatoms. The highest BCUT2D eigenvalue weighted by molar-refractivity contribution is 7.10. The van der Waals surface area contributed by atoms with Crippen LogP contribution in [0.25, 0.3) is 0 Å². The van der Waals surface area contributed by atoms with E-state index in [1.807, 2.05) is 18.4 Å². The Morgan fingerprint density at radius 1 is 1.69 bits per heavy atom. The molecule has 0 spiro atoms. The van der Waals surface area contributed by atoms with Gasteiger partial charge in [0.1, 0.15) is 0 Å². The average Bonchev–Trinajstić information content (AvgIpc) is 2.50. The van der Waals surface area contributed by atoms with Gasteiger partial charge in [-0.2, -0.15) is 0 Å². The molecule has 72 valence electrons. The van der Waals surface area contributed by atoms with Crippen LogP contribution in [-0.4, -0.2) is 20.2 Å². The van der Waals surface area contributed by atoms with Crippen molar-refractivity contribution in [2.24, 2.45) is 0 Å². The minimum absolute atomic E-state index is 0.278. The predicted octanol–water partition coefficient (Wildman–Crippen LogP) is 1.89. The van der Waals surface area contributed by atoms with Gasteiger partial charge in [0, 0.05) is 17.8 Å². The molecule has 1 aliphatic rings. The summed E-state index contributed by atoms with van der Waals surface area (Å²) in [6.45, 7) is 3.97. The van der Waals surface area contributed by atoms with E-state index < -0.39 is 0 Å². The lowest BCUT2D eigenvalue weighted by molar-refractivity contribution is 0.0447. The summed E-state index contributed by atoms with van der Waals surface area (Å²) in [5.74, 6) is 0. The number of likely N-dealkylation sites (N-methyl/N-ethyl adjacent to an activating group) is 1. The highest BCUT2D eigenvalue weighted by atomic mass is 32.1. The van der Waals surface area contributed by atoms with Crippen LogP contribution < -0.4 is 5.32 Å². The monoisotopic (exact) mass is 197 g/mol. The molecular formula is C10H15NOS. The lowest BCUT2D eigenvalue weighted by Crippen LogP contribution is -2.24. The molecule has 1 aromatic heterocycles. The maximum absolute atomic E-state index is 5.73. The Labute approximate surface area is 82.9 Å². The highest BCUT2D eigenvalue weighted by Crippen LogP contribution is 2.33. The smallest absolute Gasteiger partial charge is 0.0962 e. The third kappa shape index (κ3) is 1.64. The Morgan fingerprint density at radius 3 is 3.31 bits per heavy atom. The maximum atomic E-state index is 5.73. The van der Waals surface area contributed by atoms with Gasteiger partial charge < -0.3 is 10.1 Å². The van der Waals surface area contributed by atoms with Crippen molar-refractivity contribution in [3.63, 3.8) is 0 Å². The molecule has 2 nitrogen and oxygen atoms in total. The number of hydrogen-bond donors (Lipinski definition) is 1. The van der Waals surface area contributed by atoms with Gasteiger partial charge in [0.15, 0.2) is 0 Å². The first-order valence-corrected chi connectivity index (χ1v) is 5.54. The van der Waals surface area contributed by atoms with Crippen LogP contribution >= 0.6 is 11.3 Å². The normalized spacial score (nSPS) is 21.5. The van der Waals surface area contributed by atoms with Gasteiger partial charge in [0.05, 0.1) is 12.7 Å². The van der Waals surface area contributed by atoms with E-state index in [2.05, 4.69) is 17.6 Å². The summed E-state index contributed by atoms with van der Waals surface area (Å²) in [5, 5.41) is 5.41. The number of rotatable bonds is 2. The first-order chi connectivity index (χ1) is 6.33. The second-order valence-electron chi connectivity index (χ2n) is 3.42. The molecule has 0 saturated carbocycles. The first kappa shape index (κ1) is 9.19. The van der Waals surface area contributed by atoms with Gasteiger partial charge >= 0.3 is 0 Å².